The van der Waals surface area contributed by atoms with Crippen molar-refractivity contribution in [3.63, 3.8) is 0 Å². The van der Waals surface area contributed by atoms with Crippen molar-refractivity contribution in [3.05, 3.63) is 53.3 Å². The Bertz CT molecular complexity index is 1290. The molecule has 1 aromatic carbocycles. The summed E-state index contributed by atoms with van der Waals surface area (Å²) in [7, 11) is 0. The third kappa shape index (κ3) is 5.81. The zero-order valence-corrected chi connectivity index (χ0v) is 22.6. The zero-order valence-electron chi connectivity index (χ0n) is 22.6. The number of carbonyl (C=O) groups is 1. The van der Waals surface area contributed by atoms with E-state index in [4.69, 9.17) is 14.5 Å². The topological polar surface area (TPSA) is 102 Å². The van der Waals surface area contributed by atoms with Crippen LogP contribution in [0.4, 0.5) is 5.82 Å². The molecular weight excluding hydrogens is 494 g/mol. The van der Waals surface area contributed by atoms with E-state index in [1.807, 2.05) is 29.1 Å². The van der Waals surface area contributed by atoms with Gasteiger partial charge >= 0.3 is 5.97 Å². The number of aliphatic carboxylic acids is 1. The highest BCUT2D eigenvalue weighted by molar-refractivity contribution is 5.88. The van der Waals surface area contributed by atoms with Gasteiger partial charge in [-0.15, -0.1) is 0 Å². The maximum absolute atomic E-state index is 12.6. The Morgan fingerprint density at radius 2 is 2.08 bits per heavy atom. The number of aryl methyl sites for hydroxylation is 2. The lowest BCUT2D eigenvalue weighted by molar-refractivity contribution is -0.143. The Labute approximate surface area is 229 Å². The maximum atomic E-state index is 12.6. The van der Waals surface area contributed by atoms with Gasteiger partial charge in [-0.1, -0.05) is 24.3 Å². The molecule has 3 aliphatic rings. The summed E-state index contributed by atoms with van der Waals surface area (Å²) in [6, 6.07) is 9.80. The van der Waals surface area contributed by atoms with Gasteiger partial charge in [0.15, 0.2) is 0 Å². The first kappa shape index (κ1) is 26.2. The first-order valence-corrected chi connectivity index (χ1v) is 14.5. The van der Waals surface area contributed by atoms with Crippen LogP contribution in [0.3, 0.4) is 0 Å². The molecular formula is C30H39N5O4. The van der Waals surface area contributed by atoms with Crippen LogP contribution in [-0.4, -0.2) is 76.3 Å². The highest BCUT2D eigenvalue weighted by Crippen LogP contribution is 2.34. The molecule has 0 bridgehead atoms. The van der Waals surface area contributed by atoms with Gasteiger partial charge in [-0.05, 0) is 63.0 Å². The number of carboxylic acid groups (broad SMARTS) is 1. The molecule has 0 aliphatic carbocycles. The lowest BCUT2D eigenvalue weighted by atomic mass is 10.0. The number of nitrogens with zero attached hydrogens (tertiary/aromatic N) is 4. The van der Waals surface area contributed by atoms with Crippen molar-refractivity contribution in [1.82, 2.24) is 19.7 Å². The number of pyridine rings is 1. The lowest BCUT2D eigenvalue weighted by Crippen LogP contribution is -2.34. The number of benzene rings is 1. The van der Waals surface area contributed by atoms with E-state index in [2.05, 4.69) is 27.4 Å². The second-order valence-electron chi connectivity index (χ2n) is 11.0. The molecule has 208 valence electrons. The van der Waals surface area contributed by atoms with Crippen molar-refractivity contribution in [2.45, 2.75) is 69.6 Å². The molecule has 0 saturated carbocycles. The zero-order chi connectivity index (χ0) is 26.6. The predicted octanol–water partition coefficient (Wildman–Crippen LogP) is 4.38. The first-order valence-electron chi connectivity index (χ1n) is 14.5. The summed E-state index contributed by atoms with van der Waals surface area (Å²) in [5, 5.41) is 19.4. The fourth-order valence-corrected chi connectivity index (χ4v) is 6.33. The van der Waals surface area contributed by atoms with Crippen LogP contribution in [0.2, 0.25) is 0 Å². The van der Waals surface area contributed by atoms with Crippen molar-refractivity contribution in [2.24, 2.45) is 0 Å². The molecule has 39 heavy (non-hydrogen) atoms. The third-order valence-electron chi connectivity index (χ3n) is 8.39. The number of likely N-dealkylation sites (tertiary alicyclic amines) is 1. The van der Waals surface area contributed by atoms with Gasteiger partial charge in [0.2, 0.25) is 0 Å². The molecule has 2 fully saturated rings. The molecule has 0 radical (unpaired) electrons. The molecule has 2 N–H and O–H groups in total. The number of fused-ring (bicyclic) bond motifs is 2. The van der Waals surface area contributed by atoms with E-state index in [0.29, 0.717) is 32.9 Å². The lowest BCUT2D eigenvalue weighted by Gasteiger charge is -2.28. The molecule has 2 saturated heterocycles. The normalized spacial score (nSPS) is 21.1. The number of ether oxygens (including phenoxy) is 2. The van der Waals surface area contributed by atoms with E-state index in [0.717, 1.165) is 79.5 Å². The summed E-state index contributed by atoms with van der Waals surface area (Å²) in [6.07, 6.45) is 9.76. The van der Waals surface area contributed by atoms with Gasteiger partial charge in [-0.3, -0.25) is 14.4 Å². The molecule has 0 spiro atoms. The fourth-order valence-electron chi connectivity index (χ4n) is 6.33. The van der Waals surface area contributed by atoms with Crippen molar-refractivity contribution < 1.29 is 19.4 Å². The minimum atomic E-state index is -0.824. The van der Waals surface area contributed by atoms with Crippen LogP contribution in [0.1, 0.15) is 67.4 Å². The molecule has 0 amide bonds. The highest BCUT2D eigenvalue weighted by Gasteiger charge is 2.36. The average Bonchev–Trinajstić information content (AvgIpc) is 3.61. The Hall–Kier alpha value is -3.01. The Kier molecular flexibility index (Phi) is 8.08. The summed E-state index contributed by atoms with van der Waals surface area (Å²) in [5.74, 6) is 0.232. The maximum Gasteiger partial charge on any atom is 0.325 e. The molecule has 9 heteroatoms. The summed E-state index contributed by atoms with van der Waals surface area (Å²) < 4.78 is 13.8. The number of aromatic nitrogens is 3. The number of hydrogen-bond acceptors (Lipinski definition) is 7. The van der Waals surface area contributed by atoms with Crippen molar-refractivity contribution in [1.29, 1.82) is 0 Å². The van der Waals surface area contributed by atoms with Crippen LogP contribution < -0.4 is 5.32 Å². The van der Waals surface area contributed by atoms with Crippen LogP contribution in [0.5, 0.6) is 0 Å². The van der Waals surface area contributed by atoms with E-state index >= 15 is 0 Å². The average molecular weight is 534 g/mol. The molecule has 5 heterocycles. The summed E-state index contributed by atoms with van der Waals surface area (Å²) in [4.78, 5) is 19.5. The van der Waals surface area contributed by atoms with E-state index in [1.54, 1.807) is 0 Å². The largest absolute Gasteiger partial charge is 0.480 e. The van der Waals surface area contributed by atoms with Crippen LogP contribution >= 0.6 is 0 Å². The van der Waals surface area contributed by atoms with Crippen LogP contribution in [0, 0.1) is 0 Å². The number of para-hydroxylation sites is 1. The number of carboxylic acids is 1. The monoisotopic (exact) mass is 533 g/mol. The molecule has 3 aliphatic heterocycles. The Morgan fingerprint density at radius 3 is 2.95 bits per heavy atom. The Morgan fingerprint density at radius 1 is 1.18 bits per heavy atom. The third-order valence-corrected chi connectivity index (χ3v) is 8.39. The van der Waals surface area contributed by atoms with Gasteiger partial charge in [-0.25, -0.2) is 4.98 Å². The van der Waals surface area contributed by atoms with Crippen molar-refractivity contribution >= 4 is 22.7 Å². The molecule has 9 nitrogen and oxygen atoms in total. The Balaban J connectivity index is 1.05. The summed E-state index contributed by atoms with van der Waals surface area (Å²) in [6.45, 7) is 4.44. The van der Waals surface area contributed by atoms with Gasteiger partial charge in [0.05, 0.1) is 23.9 Å². The molecule has 3 aromatic rings. The minimum absolute atomic E-state index is 0.0533. The standard InChI is InChI=1S/C30H39N5O4/c36-30(37)28(26-8-3-5-22-19-32-35(27(22)26)24-12-17-38-18-13-24)34-15-11-25(20-34)39-16-2-1-7-23-10-9-21-6-4-14-31-29(21)33-23/h3,5,8-10,19,24-25,28H,1-2,4,6-7,11-18,20H2,(H,31,33)(H,36,37)/t25-,28?/m1/s1. The summed E-state index contributed by atoms with van der Waals surface area (Å²) in [5.41, 5.74) is 4.21. The molecule has 2 aromatic heterocycles. The fraction of sp³-hybridized carbons (Fsp3) is 0.567. The molecule has 1 unspecified atom stereocenters. The summed E-state index contributed by atoms with van der Waals surface area (Å²) >= 11 is 0. The number of rotatable bonds is 10. The van der Waals surface area contributed by atoms with E-state index in [9.17, 15) is 9.90 Å². The highest BCUT2D eigenvalue weighted by atomic mass is 16.5. The first-order chi connectivity index (χ1) is 19.2. The molecule has 6 rings (SSSR count). The number of unbranched alkanes of at least 4 members (excludes halogenated alkanes) is 1. The quantitative estimate of drug-likeness (QED) is 0.370. The smallest absolute Gasteiger partial charge is 0.325 e. The van der Waals surface area contributed by atoms with Crippen LogP contribution in [-0.2, 0) is 27.1 Å². The van der Waals surface area contributed by atoms with Gasteiger partial charge in [0, 0.05) is 56.1 Å². The van der Waals surface area contributed by atoms with Crippen molar-refractivity contribution in [3.8, 4) is 0 Å². The van der Waals surface area contributed by atoms with E-state index < -0.39 is 12.0 Å². The number of anilines is 1. The van der Waals surface area contributed by atoms with Crippen LogP contribution in [0.25, 0.3) is 10.9 Å². The van der Waals surface area contributed by atoms with Gasteiger partial charge < -0.3 is 19.9 Å². The van der Waals surface area contributed by atoms with E-state index in [-0.39, 0.29) is 12.1 Å². The number of hydrogen-bond donors (Lipinski definition) is 2. The molecule has 2 atom stereocenters. The van der Waals surface area contributed by atoms with E-state index in [1.165, 1.54) is 12.0 Å². The van der Waals surface area contributed by atoms with Gasteiger partial charge in [-0.2, -0.15) is 5.10 Å². The van der Waals surface area contributed by atoms with Crippen LogP contribution in [0.15, 0.2) is 36.5 Å². The minimum Gasteiger partial charge on any atom is -0.480 e. The predicted molar refractivity (Wildman–Crippen MR) is 149 cm³/mol. The van der Waals surface area contributed by atoms with Gasteiger partial charge in [0.25, 0.3) is 0 Å². The second-order valence-corrected chi connectivity index (χ2v) is 11.0. The van der Waals surface area contributed by atoms with Crippen molar-refractivity contribution in [2.75, 3.05) is 44.8 Å². The SMILES string of the molecule is O=C(O)C(c1cccc2cnn(C3CCOCC3)c12)N1CC[C@@H](OCCCCc2ccc3c(n2)NCCC3)C1. The van der Waals surface area contributed by atoms with Gasteiger partial charge in [0.1, 0.15) is 11.9 Å². The number of nitrogens with one attached hydrogen (secondary N) is 1. The second kappa shape index (κ2) is 12.0.